The van der Waals surface area contributed by atoms with Gasteiger partial charge in [0, 0.05) is 0 Å². The van der Waals surface area contributed by atoms with E-state index in [4.69, 9.17) is 9.47 Å². The Morgan fingerprint density at radius 1 is 1.23 bits per heavy atom. The van der Waals surface area contributed by atoms with Crippen molar-refractivity contribution in [3.8, 4) is 11.6 Å². The van der Waals surface area contributed by atoms with Crippen molar-refractivity contribution in [3.05, 3.63) is 35.5 Å². The molecule has 0 radical (unpaired) electrons. The topological polar surface area (TPSA) is 86.5 Å². The third kappa shape index (κ3) is 3.38. The van der Waals surface area contributed by atoms with Crippen molar-refractivity contribution in [1.29, 1.82) is 0 Å². The number of methoxy groups -OCH3 is 1. The van der Waals surface area contributed by atoms with E-state index in [2.05, 4.69) is 10.3 Å². The molecular formula is C19H23N3O4. The number of ether oxygens (including phenoxy) is 2. The van der Waals surface area contributed by atoms with Gasteiger partial charge in [0.15, 0.2) is 0 Å². The summed E-state index contributed by atoms with van der Waals surface area (Å²) in [5, 5.41) is 17.3. The van der Waals surface area contributed by atoms with Crippen molar-refractivity contribution in [1.82, 2.24) is 15.0 Å². The lowest BCUT2D eigenvalue weighted by atomic mass is 9.85. The molecule has 2 aliphatic rings. The fraction of sp³-hybridized carbons (Fsp3) is 0.526. The van der Waals surface area contributed by atoms with Crippen LogP contribution in [-0.4, -0.2) is 39.3 Å². The van der Waals surface area contributed by atoms with Crippen molar-refractivity contribution < 1.29 is 19.4 Å². The first kappa shape index (κ1) is 16.9. The number of hydrogen-bond donors (Lipinski definition) is 1. The molecular weight excluding hydrogens is 334 g/mol. The van der Waals surface area contributed by atoms with Crippen molar-refractivity contribution in [2.24, 2.45) is 5.41 Å². The zero-order valence-corrected chi connectivity index (χ0v) is 14.9. The van der Waals surface area contributed by atoms with Gasteiger partial charge in [-0.3, -0.25) is 0 Å². The minimum Gasteiger partial charge on any atom is -0.497 e. The third-order valence-electron chi connectivity index (χ3n) is 5.61. The zero-order valence-electron chi connectivity index (χ0n) is 14.9. The highest BCUT2D eigenvalue weighted by molar-refractivity contribution is 5.87. The van der Waals surface area contributed by atoms with Gasteiger partial charge < -0.3 is 14.6 Å². The monoisotopic (exact) mass is 357 g/mol. The summed E-state index contributed by atoms with van der Waals surface area (Å²) < 4.78 is 12.8. The molecule has 0 amide bonds. The summed E-state index contributed by atoms with van der Waals surface area (Å²) >= 11 is 0. The van der Waals surface area contributed by atoms with E-state index in [1.54, 1.807) is 7.11 Å². The van der Waals surface area contributed by atoms with Crippen LogP contribution in [0.15, 0.2) is 24.3 Å². The Morgan fingerprint density at radius 3 is 2.50 bits per heavy atom. The average molecular weight is 357 g/mol. The number of aromatic nitrogens is 3. The summed E-state index contributed by atoms with van der Waals surface area (Å²) in [4.78, 5) is 11.5. The van der Waals surface area contributed by atoms with E-state index in [0.717, 1.165) is 24.2 Å². The molecule has 1 aromatic heterocycles. The molecule has 26 heavy (non-hydrogen) atoms. The van der Waals surface area contributed by atoms with Crippen molar-refractivity contribution >= 4 is 5.97 Å². The molecule has 7 heteroatoms. The first-order valence-electron chi connectivity index (χ1n) is 9.05. The Kier molecular flexibility index (Phi) is 4.30. The van der Waals surface area contributed by atoms with E-state index in [-0.39, 0.29) is 17.7 Å². The molecule has 0 aliphatic heterocycles. The van der Waals surface area contributed by atoms with E-state index in [1.165, 1.54) is 30.4 Å². The first-order chi connectivity index (χ1) is 12.6. The largest absolute Gasteiger partial charge is 0.497 e. The lowest BCUT2D eigenvalue weighted by Gasteiger charge is -2.28. The summed E-state index contributed by atoms with van der Waals surface area (Å²) in [7, 11) is 1.62. The molecule has 2 aliphatic carbocycles. The van der Waals surface area contributed by atoms with Crippen LogP contribution in [-0.2, 0) is 6.54 Å². The molecule has 1 spiro atoms. The number of carboxylic acids is 1. The highest BCUT2D eigenvalue weighted by Crippen LogP contribution is 2.56. The summed E-state index contributed by atoms with van der Waals surface area (Å²) in [5.74, 6) is -0.0910. The van der Waals surface area contributed by atoms with Gasteiger partial charge in [-0.1, -0.05) is 17.3 Å². The molecule has 138 valence electrons. The lowest BCUT2D eigenvalue weighted by molar-refractivity contribution is 0.0671. The van der Waals surface area contributed by atoms with E-state index >= 15 is 0 Å². The summed E-state index contributed by atoms with van der Waals surface area (Å²) in [5.41, 5.74) is 1.42. The van der Waals surface area contributed by atoms with Crippen LogP contribution in [0.25, 0.3) is 0 Å². The van der Waals surface area contributed by atoms with E-state index in [1.807, 2.05) is 24.3 Å². The van der Waals surface area contributed by atoms with Crippen LogP contribution < -0.4 is 9.47 Å². The van der Waals surface area contributed by atoms with Gasteiger partial charge in [-0.2, -0.15) is 0 Å². The Labute approximate surface area is 151 Å². The van der Waals surface area contributed by atoms with Gasteiger partial charge in [-0.05, 0) is 61.6 Å². The molecule has 0 atom stereocenters. The SMILES string of the molecule is COc1ccc(Cn2nnc(C(=O)O)c2OC2CCC3(CC2)CC3)cc1. The van der Waals surface area contributed by atoms with Gasteiger partial charge >= 0.3 is 5.97 Å². The predicted octanol–water partition coefficient (Wildman–Crippen LogP) is 3.13. The average Bonchev–Trinajstić information content (AvgIpc) is 3.30. The van der Waals surface area contributed by atoms with Crippen LogP contribution in [0.1, 0.15) is 54.6 Å². The Morgan fingerprint density at radius 2 is 1.92 bits per heavy atom. The van der Waals surface area contributed by atoms with Gasteiger partial charge in [0.1, 0.15) is 11.9 Å². The van der Waals surface area contributed by atoms with Crippen LogP contribution in [0.2, 0.25) is 0 Å². The zero-order chi connectivity index (χ0) is 18.1. The molecule has 1 aromatic carbocycles. The standard InChI is InChI=1S/C19H23N3O4/c1-25-14-4-2-13(3-5-14)12-22-17(16(18(23)24)20-21-22)26-15-6-8-19(9-7-15)10-11-19/h2-5,15H,6-12H2,1H3,(H,23,24). The van der Waals surface area contributed by atoms with E-state index in [0.29, 0.717) is 12.0 Å². The van der Waals surface area contributed by atoms with Gasteiger partial charge in [0.05, 0.1) is 13.7 Å². The smallest absolute Gasteiger partial charge is 0.362 e. The number of nitrogens with zero attached hydrogens (tertiary/aromatic N) is 3. The summed E-state index contributed by atoms with van der Waals surface area (Å²) in [6.07, 6.45) is 6.96. The number of aromatic carboxylic acids is 1. The molecule has 7 nitrogen and oxygen atoms in total. The molecule has 1 heterocycles. The maximum Gasteiger partial charge on any atom is 0.362 e. The quantitative estimate of drug-likeness (QED) is 0.855. The molecule has 0 unspecified atom stereocenters. The number of hydrogen-bond acceptors (Lipinski definition) is 5. The van der Waals surface area contributed by atoms with E-state index < -0.39 is 5.97 Å². The minimum atomic E-state index is -1.12. The number of benzene rings is 1. The normalized spacial score (nSPS) is 18.7. The van der Waals surface area contributed by atoms with Crippen LogP contribution in [0, 0.1) is 5.41 Å². The van der Waals surface area contributed by atoms with Crippen molar-refractivity contribution in [2.45, 2.75) is 51.2 Å². The fourth-order valence-corrected chi connectivity index (χ4v) is 3.72. The Bertz CT molecular complexity index is 786. The number of carboxylic acid groups (broad SMARTS) is 1. The molecule has 4 rings (SSSR count). The molecule has 1 N–H and O–H groups in total. The van der Waals surface area contributed by atoms with Gasteiger partial charge in [0.25, 0.3) is 0 Å². The molecule has 2 aromatic rings. The van der Waals surface area contributed by atoms with Crippen LogP contribution in [0.4, 0.5) is 0 Å². The predicted molar refractivity (Wildman–Crippen MR) is 93.6 cm³/mol. The maximum atomic E-state index is 11.5. The fourth-order valence-electron chi connectivity index (χ4n) is 3.72. The third-order valence-corrected chi connectivity index (χ3v) is 5.61. The molecule has 2 saturated carbocycles. The summed E-state index contributed by atoms with van der Waals surface area (Å²) in [6, 6.07) is 7.56. The second kappa shape index (κ2) is 6.63. The Hall–Kier alpha value is -2.57. The van der Waals surface area contributed by atoms with Crippen LogP contribution in [0.3, 0.4) is 0 Å². The Balaban J connectivity index is 1.51. The molecule has 0 saturated heterocycles. The van der Waals surface area contributed by atoms with Crippen molar-refractivity contribution in [3.63, 3.8) is 0 Å². The van der Waals surface area contributed by atoms with Crippen molar-refractivity contribution in [2.75, 3.05) is 7.11 Å². The summed E-state index contributed by atoms with van der Waals surface area (Å²) in [6.45, 7) is 0.399. The van der Waals surface area contributed by atoms with Gasteiger partial charge in [-0.15, -0.1) is 5.10 Å². The first-order valence-corrected chi connectivity index (χ1v) is 9.05. The van der Waals surface area contributed by atoms with Crippen LogP contribution in [0.5, 0.6) is 11.6 Å². The van der Waals surface area contributed by atoms with E-state index in [9.17, 15) is 9.90 Å². The minimum absolute atomic E-state index is 0.0347. The highest BCUT2D eigenvalue weighted by atomic mass is 16.5. The number of rotatable bonds is 6. The van der Waals surface area contributed by atoms with Gasteiger partial charge in [0.2, 0.25) is 11.6 Å². The lowest BCUT2D eigenvalue weighted by Crippen LogP contribution is -2.26. The maximum absolute atomic E-state index is 11.5. The second-order valence-corrected chi connectivity index (χ2v) is 7.37. The number of carbonyl (C=O) groups is 1. The van der Waals surface area contributed by atoms with Crippen LogP contribution >= 0.6 is 0 Å². The molecule has 2 fully saturated rings. The highest BCUT2D eigenvalue weighted by Gasteiger charge is 2.45. The molecule has 0 bridgehead atoms. The second-order valence-electron chi connectivity index (χ2n) is 7.37. The van der Waals surface area contributed by atoms with Gasteiger partial charge in [-0.25, -0.2) is 9.48 Å².